The van der Waals surface area contributed by atoms with Gasteiger partial charge in [-0.3, -0.25) is 4.68 Å². The zero-order valence-corrected chi connectivity index (χ0v) is 12.0. The average molecular weight is 238 g/mol. The molecule has 0 radical (unpaired) electrons. The molecule has 17 heavy (non-hydrogen) atoms. The van der Waals surface area contributed by atoms with E-state index in [9.17, 15) is 5.11 Å². The lowest BCUT2D eigenvalue weighted by Gasteiger charge is -2.36. The van der Waals surface area contributed by atoms with E-state index in [4.69, 9.17) is 0 Å². The Morgan fingerprint density at radius 3 is 2.24 bits per heavy atom. The van der Waals surface area contributed by atoms with Gasteiger partial charge in [0.25, 0.3) is 0 Å². The Morgan fingerprint density at radius 1 is 1.29 bits per heavy atom. The highest BCUT2D eigenvalue weighted by atomic mass is 16.3. The standard InChI is InChI=1S/C14H26N2O/c1-7-16-13(8-12(6)15-16)9-14(17,10(2)3)11(4)5/h8,10-11,17H,7,9H2,1-6H3. The summed E-state index contributed by atoms with van der Waals surface area (Å²) in [6.07, 6.45) is 0.678. The molecule has 0 fully saturated rings. The maximum atomic E-state index is 10.8. The molecule has 0 spiro atoms. The Hall–Kier alpha value is -0.830. The van der Waals surface area contributed by atoms with Gasteiger partial charge in [-0.05, 0) is 31.7 Å². The molecule has 0 aromatic carbocycles. The van der Waals surface area contributed by atoms with Crippen LogP contribution in [-0.2, 0) is 13.0 Å². The van der Waals surface area contributed by atoms with Crippen LogP contribution in [0, 0.1) is 18.8 Å². The Bertz CT molecular complexity index is 358. The fraction of sp³-hybridized carbons (Fsp3) is 0.786. The third kappa shape index (κ3) is 2.89. The molecule has 1 N–H and O–H groups in total. The molecule has 1 aromatic rings. The van der Waals surface area contributed by atoms with Crippen LogP contribution in [0.15, 0.2) is 6.07 Å². The molecule has 3 heteroatoms. The number of aryl methyl sites for hydroxylation is 2. The Kier molecular flexibility index (Phi) is 4.36. The van der Waals surface area contributed by atoms with Gasteiger partial charge in [-0.1, -0.05) is 27.7 Å². The van der Waals surface area contributed by atoms with E-state index in [1.54, 1.807) is 0 Å². The number of nitrogens with zero attached hydrogens (tertiary/aromatic N) is 2. The van der Waals surface area contributed by atoms with Crippen LogP contribution in [0.2, 0.25) is 0 Å². The summed E-state index contributed by atoms with van der Waals surface area (Å²) in [5.41, 5.74) is 1.51. The van der Waals surface area contributed by atoms with Gasteiger partial charge in [-0.2, -0.15) is 5.10 Å². The minimum absolute atomic E-state index is 0.239. The first kappa shape index (κ1) is 14.2. The summed E-state index contributed by atoms with van der Waals surface area (Å²) in [4.78, 5) is 0. The number of aliphatic hydroxyl groups is 1. The maximum absolute atomic E-state index is 10.8. The lowest BCUT2D eigenvalue weighted by molar-refractivity contribution is -0.0476. The van der Waals surface area contributed by atoms with Crippen molar-refractivity contribution in [3.05, 3.63) is 17.5 Å². The van der Waals surface area contributed by atoms with Crippen LogP contribution < -0.4 is 0 Å². The van der Waals surface area contributed by atoms with Crippen molar-refractivity contribution in [1.82, 2.24) is 9.78 Å². The smallest absolute Gasteiger partial charge is 0.0748 e. The summed E-state index contributed by atoms with van der Waals surface area (Å²) in [6.45, 7) is 13.3. The molecule has 0 amide bonds. The number of hydrogen-bond donors (Lipinski definition) is 1. The number of rotatable bonds is 5. The van der Waals surface area contributed by atoms with Crippen LogP contribution in [0.4, 0.5) is 0 Å². The molecular formula is C14H26N2O. The van der Waals surface area contributed by atoms with Crippen LogP contribution in [-0.4, -0.2) is 20.5 Å². The fourth-order valence-corrected chi connectivity index (χ4v) is 2.38. The second kappa shape index (κ2) is 5.21. The van der Waals surface area contributed by atoms with Gasteiger partial charge in [0, 0.05) is 18.7 Å². The minimum atomic E-state index is -0.653. The molecule has 0 atom stereocenters. The Morgan fingerprint density at radius 2 is 1.82 bits per heavy atom. The summed E-state index contributed by atoms with van der Waals surface area (Å²) in [6, 6.07) is 2.08. The second-order valence-electron chi connectivity index (χ2n) is 5.57. The van der Waals surface area contributed by atoms with E-state index in [2.05, 4.69) is 45.8 Å². The average Bonchev–Trinajstić information content (AvgIpc) is 2.57. The van der Waals surface area contributed by atoms with Crippen LogP contribution in [0.5, 0.6) is 0 Å². The van der Waals surface area contributed by atoms with Crippen LogP contribution in [0.25, 0.3) is 0 Å². The molecule has 0 aliphatic carbocycles. The molecule has 98 valence electrons. The predicted molar refractivity (Wildman–Crippen MR) is 71.0 cm³/mol. The van der Waals surface area contributed by atoms with Crippen molar-refractivity contribution in [2.24, 2.45) is 11.8 Å². The number of aromatic nitrogens is 2. The molecule has 0 saturated carbocycles. The van der Waals surface area contributed by atoms with Crippen LogP contribution >= 0.6 is 0 Å². The van der Waals surface area contributed by atoms with Gasteiger partial charge >= 0.3 is 0 Å². The highest BCUT2D eigenvalue weighted by Gasteiger charge is 2.35. The van der Waals surface area contributed by atoms with Gasteiger partial charge in [-0.25, -0.2) is 0 Å². The van der Waals surface area contributed by atoms with Crippen molar-refractivity contribution in [1.29, 1.82) is 0 Å². The van der Waals surface area contributed by atoms with E-state index < -0.39 is 5.60 Å². The topological polar surface area (TPSA) is 38.0 Å². The zero-order chi connectivity index (χ0) is 13.2. The Labute approximate surface area is 105 Å². The third-order valence-electron chi connectivity index (χ3n) is 3.75. The summed E-state index contributed by atoms with van der Waals surface area (Å²) in [7, 11) is 0. The van der Waals surface area contributed by atoms with Crippen molar-refractivity contribution in [3.8, 4) is 0 Å². The molecule has 0 bridgehead atoms. The van der Waals surface area contributed by atoms with Crippen LogP contribution in [0.1, 0.15) is 46.0 Å². The maximum Gasteiger partial charge on any atom is 0.0748 e. The normalized spacial score (nSPS) is 12.8. The van der Waals surface area contributed by atoms with Crippen molar-refractivity contribution in [3.63, 3.8) is 0 Å². The van der Waals surface area contributed by atoms with Crippen molar-refractivity contribution in [2.45, 2.75) is 60.1 Å². The zero-order valence-electron chi connectivity index (χ0n) is 12.0. The number of hydrogen-bond acceptors (Lipinski definition) is 2. The van der Waals surface area contributed by atoms with Crippen molar-refractivity contribution in [2.75, 3.05) is 0 Å². The van der Waals surface area contributed by atoms with E-state index >= 15 is 0 Å². The first-order valence-electron chi connectivity index (χ1n) is 6.57. The first-order chi connectivity index (χ1) is 7.81. The summed E-state index contributed by atoms with van der Waals surface area (Å²) < 4.78 is 1.99. The van der Waals surface area contributed by atoms with E-state index in [0.29, 0.717) is 6.42 Å². The van der Waals surface area contributed by atoms with E-state index in [0.717, 1.165) is 17.9 Å². The van der Waals surface area contributed by atoms with E-state index in [-0.39, 0.29) is 11.8 Å². The molecule has 0 aliphatic heterocycles. The van der Waals surface area contributed by atoms with Gasteiger partial charge in [0.1, 0.15) is 0 Å². The molecule has 0 unspecified atom stereocenters. The highest BCUT2D eigenvalue weighted by molar-refractivity contribution is 5.12. The molecule has 0 aliphatic rings. The molecule has 3 nitrogen and oxygen atoms in total. The minimum Gasteiger partial charge on any atom is -0.389 e. The Balaban J connectivity index is 3.01. The van der Waals surface area contributed by atoms with Crippen molar-refractivity contribution < 1.29 is 5.11 Å². The molecular weight excluding hydrogens is 212 g/mol. The van der Waals surface area contributed by atoms with Gasteiger partial charge < -0.3 is 5.11 Å². The predicted octanol–water partition coefficient (Wildman–Crippen LogP) is 2.80. The SMILES string of the molecule is CCn1nc(C)cc1CC(O)(C(C)C)C(C)C. The quantitative estimate of drug-likeness (QED) is 0.856. The molecule has 1 rings (SSSR count). The van der Waals surface area contributed by atoms with E-state index in [1.807, 2.05) is 11.6 Å². The van der Waals surface area contributed by atoms with Gasteiger partial charge in [0.2, 0.25) is 0 Å². The lowest BCUT2D eigenvalue weighted by atomic mass is 9.77. The third-order valence-corrected chi connectivity index (χ3v) is 3.75. The van der Waals surface area contributed by atoms with Gasteiger partial charge in [0.05, 0.1) is 11.3 Å². The van der Waals surface area contributed by atoms with Crippen LogP contribution in [0.3, 0.4) is 0 Å². The van der Waals surface area contributed by atoms with Gasteiger partial charge in [0.15, 0.2) is 0 Å². The van der Waals surface area contributed by atoms with E-state index in [1.165, 1.54) is 0 Å². The van der Waals surface area contributed by atoms with Gasteiger partial charge in [-0.15, -0.1) is 0 Å². The molecule has 1 aromatic heterocycles. The molecule has 1 heterocycles. The van der Waals surface area contributed by atoms with Crippen molar-refractivity contribution >= 4 is 0 Å². The lowest BCUT2D eigenvalue weighted by Crippen LogP contribution is -2.43. The summed E-state index contributed by atoms with van der Waals surface area (Å²) >= 11 is 0. The highest BCUT2D eigenvalue weighted by Crippen LogP contribution is 2.30. The fourth-order valence-electron chi connectivity index (χ4n) is 2.38. The summed E-state index contributed by atoms with van der Waals surface area (Å²) in [5, 5.41) is 15.2. The first-order valence-corrected chi connectivity index (χ1v) is 6.57. The summed E-state index contributed by atoms with van der Waals surface area (Å²) in [5.74, 6) is 0.478. The monoisotopic (exact) mass is 238 g/mol. The second-order valence-corrected chi connectivity index (χ2v) is 5.57. The molecule has 0 saturated heterocycles. The largest absolute Gasteiger partial charge is 0.389 e.